The van der Waals surface area contributed by atoms with Crippen molar-refractivity contribution in [3.05, 3.63) is 47.4 Å². The summed E-state index contributed by atoms with van der Waals surface area (Å²) in [5.41, 5.74) is 1.63. The monoisotopic (exact) mass is 417 g/mol. The molecule has 154 valence electrons. The predicted molar refractivity (Wildman–Crippen MR) is 110 cm³/mol. The number of likely N-dealkylation sites (tertiary alicyclic amines) is 1. The summed E-state index contributed by atoms with van der Waals surface area (Å²) >= 11 is 6.19. The van der Waals surface area contributed by atoms with E-state index in [9.17, 15) is 9.59 Å². The molecule has 0 aliphatic carbocycles. The molecule has 29 heavy (non-hydrogen) atoms. The van der Waals surface area contributed by atoms with Crippen LogP contribution in [0.5, 0.6) is 0 Å². The molecule has 7 nitrogen and oxygen atoms in total. The van der Waals surface area contributed by atoms with E-state index in [4.69, 9.17) is 20.8 Å². The van der Waals surface area contributed by atoms with Crippen LogP contribution in [0.2, 0.25) is 5.02 Å². The highest BCUT2D eigenvalue weighted by molar-refractivity contribution is 6.31. The standard InChI is InChI=1S/C21H24ClN3O4/c22-16-5-6-18(24-8-11-28-12-9-24)17(13-16)23-20(26)15-3-1-7-25(14-15)21(27)19-4-2-10-29-19/h2,4-6,10,13,15H,1,3,7-9,11-12,14H2,(H,23,26)/t15-/m0/s1. The number of halogens is 1. The van der Waals surface area contributed by atoms with Crippen molar-refractivity contribution in [2.45, 2.75) is 12.8 Å². The lowest BCUT2D eigenvalue weighted by molar-refractivity contribution is -0.121. The molecule has 0 unspecified atom stereocenters. The zero-order valence-corrected chi connectivity index (χ0v) is 16.9. The fourth-order valence-corrected chi connectivity index (χ4v) is 4.03. The molecule has 2 aromatic rings. The van der Waals surface area contributed by atoms with Crippen molar-refractivity contribution >= 4 is 34.8 Å². The molecule has 8 heteroatoms. The summed E-state index contributed by atoms with van der Waals surface area (Å²) < 4.78 is 10.6. The average molecular weight is 418 g/mol. The van der Waals surface area contributed by atoms with Crippen molar-refractivity contribution in [1.82, 2.24) is 4.90 Å². The molecule has 2 fully saturated rings. The number of carbonyl (C=O) groups excluding carboxylic acids is 2. The van der Waals surface area contributed by atoms with Gasteiger partial charge in [0.15, 0.2) is 5.76 Å². The number of amides is 2. The molecule has 1 N–H and O–H groups in total. The van der Waals surface area contributed by atoms with Crippen LogP contribution in [0, 0.1) is 5.92 Å². The molecule has 2 saturated heterocycles. The van der Waals surface area contributed by atoms with Gasteiger partial charge in [-0.15, -0.1) is 0 Å². The van der Waals surface area contributed by atoms with E-state index in [-0.39, 0.29) is 17.7 Å². The van der Waals surface area contributed by atoms with Crippen molar-refractivity contribution in [2.24, 2.45) is 5.92 Å². The first-order chi connectivity index (χ1) is 14.1. The topological polar surface area (TPSA) is 75.0 Å². The molecule has 4 rings (SSSR count). The van der Waals surface area contributed by atoms with Gasteiger partial charge in [0.2, 0.25) is 5.91 Å². The normalized spacial score (nSPS) is 19.8. The largest absolute Gasteiger partial charge is 0.459 e. The zero-order chi connectivity index (χ0) is 20.2. The Labute approximate surface area is 174 Å². The van der Waals surface area contributed by atoms with Gasteiger partial charge < -0.3 is 24.3 Å². The van der Waals surface area contributed by atoms with Crippen molar-refractivity contribution in [3.8, 4) is 0 Å². The number of piperidine rings is 1. The molecule has 1 aromatic carbocycles. The van der Waals surface area contributed by atoms with E-state index < -0.39 is 0 Å². The first-order valence-corrected chi connectivity index (χ1v) is 10.3. The maximum absolute atomic E-state index is 13.0. The number of rotatable bonds is 4. The Morgan fingerprint density at radius 2 is 1.97 bits per heavy atom. The number of morpholine rings is 1. The van der Waals surface area contributed by atoms with Crippen molar-refractivity contribution in [2.75, 3.05) is 49.6 Å². The Morgan fingerprint density at radius 3 is 2.72 bits per heavy atom. The molecular formula is C21H24ClN3O4. The minimum absolute atomic E-state index is 0.0984. The van der Waals surface area contributed by atoms with Crippen LogP contribution in [-0.2, 0) is 9.53 Å². The van der Waals surface area contributed by atoms with Crippen LogP contribution < -0.4 is 10.2 Å². The molecule has 3 heterocycles. The third-order valence-electron chi connectivity index (χ3n) is 5.38. The molecule has 1 aromatic heterocycles. The third kappa shape index (κ3) is 4.57. The number of benzene rings is 1. The quantitative estimate of drug-likeness (QED) is 0.826. The maximum atomic E-state index is 13.0. The summed E-state index contributed by atoms with van der Waals surface area (Å²) in [6.45, 7) is 3.84. The molecule has 0 radical (unpaired) electrons. The summed E-state index contributed by atoms with van der Waals surface area (Å²) in [5.74, 6) is -0.252. The molecule has 2 aliphatic rings. The summed E-state index contributed by atoms with van der Waals surface area (Å²) in [6.07, 6.45) is 2.99. The van der Waals surface area contributed by atoms with E-state index in [1.165, 1.54) is 6.26 Å². The van der Waals surface area contributed by atoms with Gasteiger partial charge in [-0.05, 0) is 43.2 Å². The predicted octanol–water partition coefficient (Wildman–Crippen LogP) is 3.26. The second-order valence-corrected chi connectivity index (χ2v) is 7.75. The van der Waals surface area contributed by atoms with Gasteiger partial charge in [-0.1, -0.05) is 11.6 Å². The first-order valence-electron chi connectivity index (χ1n) is 9.88. The van der Waals surface area contributed by atoms with E-state index in [2.05, 4.69) is 10.2 Å². The zero-order valence-electron chi connectivity index (χ0n) is 16.1. The fourth-order valence-electron chi connectivity index (χ4n) is 3.85. The maximum Gasteiger partial charge on any atom is 0.289 e. The summed E-state index contributed by atoms with van der Waals surface area (Å²) in [4.78, 5) is 29.4. The van der Waals surface area contributed by atoms with Crippen LogP contribution in [0.4, 0.5) is 11.4 Å². The number of ether oxygens (including phenoxy) is 1. The molecular weight excluding hydrogens is 394 g/mol. The van der Waals surface area contributed by atoms with Crippen LogP contribution in [0.15, 0.2) is 41.0 Å². The highest BCUT2D eigenvalue weighted by Gasteiger charge is 2.30. The Balaban J connectivity index is 1.46. The fraction of sp³-hybridized carbons (Fsp3) is 0.429. The molecule has 2 aliphatic heterocycles. The molecule has 0 bridgehead atoms. The highest BCUT2D eigenvalue weighted by Crippen LogP contribution is 2.31. The summed E-state index contributed by atoms with van der Waals surface area (Å²) in [6, 6.07) is 8.86. The summed E-state index contributed by atoms with van der Waals surface area (Å²) in [7, 11) is 0. The van der Waals surface area contributed by atoms with Gasteiger partial charge in [-0.3, -0.25) is 9.59 Å². The van der Waals surface area contributed by atoms with E-state index >= 15 is 0 Å². The second-order valence-electron chi connectivity index (χ2n) is 7.32. The van der Waals surface area contributed by atoms with Gasteiger partial charge in [-0.25, -0.2) is 0 Å². The Bertz CT molecular complexity index is 865. The minimum atomic E-state index is -0.279. The van der Waals surface area contributed by atoms with E-state index in [0.29, 0.717) is 42.8 Å². The van der Waals surface area contributed by atoms with Crippen LogP contribution in [0.1, 0.15) is 23.4 Å². The second kappa shape index (κ2) is 8.88. The van der Waals surface area contributed by atoms with Crippen LogP contribution >= 0.6 is 11.6 Å². The molecule has 0 saturated carbocycles. The van der Waals surface area contributed by atoms with Crippen molar-refractivity contribution in [1.29, 1.82) is 0 Å². The summed E-state index contributed by atoms with van der Waals surface area (Å²) in [5, 5.41) is 3.61. The minimum Gasteiger partial charge on any atom is -0.459 e. The number of hydrogen-bond acceptors (Lipinski definition) is 5. The van der Waals surface area contributed by atoms with Gasteiger partial charge >= 0.3 is 0 Å². The van der Waals surface area contributed by atoms with Gasteiger partial charge in [-0.2, -0.15) is 0 Å². The molecule has 2 amide bonds. The van der Waals surface area contributed by atoms with E-state index in [0.717, 1.165) is 31.6 Å². The van der Waals surface area contributed by atoms with Gasteiger partial charge in [0.25, 0.3) is 5.91 Å². The van der Waals surface area contributed by atoms with Crippen LogP contribution in [-0.4, -0.2) is 56.1 Å². The number of anilines is 2. The van der Waals surface area contributed by atoms with Crippen molar-refractivity contribution in [3.63, 3.8) is 0 Å². The van der Waals surface area contributed by atoms with Crippen LogP contribution in [0.3, 0.4) is 0 Å². The Hall–Kier alpha value is -2.51. The third-order valence-corrected chi connectivity index (χ3v) is 5.61. The van der Waals surface area contributed by atoms with Gasteiger partial charge in [0.05, 0.1) is 36.8 Å². The highest BCUT2D eigenvalue weighted by atomic mass is 35.5. The van der Waals surface area contributed by atoms with E-state index in [1.54, 1.807) is 23.1 Å². The average Bonchev–Trinajstić information content (AvgIpc) is 3.29. The number of furan rings is 1. The lowest BCUT2D eigenvalue weighted by Crippen LogP contribution is -2.44. The van der Waals surface area contributed by atoms with Gasteiger partial charge in [0.1, 0.15) is 0 Å². The Kier molecular flexibility index (Phi) is 6.06. The van der Waals surface area contributed by atoms with Crippen molar-refractivity contribution < 1.29 is 18.7 Å². The lowest BCUT2D eigenvalue weighted by atomic mass is 9.96. The SMILES string of the molecule is O=C(Nc1cc(Cl)ccc1N1CCOCC1)[C@H]1CCCN(C(=O)c2ccco2)C1. The molecule has 1 atom stereocenters. The number of nitrogens with zero attached hydrogens (tertiary/aromatic N) is 2. The number of carbonyl (C=O) groups is 2. The number of nitrogens with one attached hydrogen (secondary N) is 1. The number of hydrogen-bond donors (Lipinski definition) is 1. The molecule has 0 spiro atoms. The smallest absolute Gasteiger partial charge is 0.289 e. The van der Waals surface area contributed by atoms with Gasteiger partial charge in [0, 0.05) is 31.2 Å². The first kappa shape index (κ1) is 19.8. The van der Waals surface area contributed by atoms with Crippen LogP contribution in [0.25, 0.3) is 0 Å². The van der Waals surface area contributed by atoms with E-state index in [1.807, 2.05) is 12.1 Å². The lowest BCUT2D eigenvalue weighted by Gasteiger charge is -2.33. The Morgan fingerprint density at radius 1 is 1.14 bits per heavy atom.